The molecule has 0 spiro atoms. The van der Waals surface area contributed by atoms with Crippen LogP contribution in [0.3, 0.4) is 0 Å². The van der Waals surface area contributed by atoms with Crippen LogP contribution in [-0.4, -0.2) is 17.0 Å². The van der Waals surface area contributed by atoms with Crippen LogP contribution in [0.5, 0.6) is 0 Å². The van der Waals surface area contributed by atoms with E-state index in [9.17, 15) is 9.59 Å². The van der Waals surface area contributed by atoms with Crippen molar-refractivity contribution in [3.8, 4) is 0 Å². The van der Waals surface area contributed by atoms with Gasteiger partial charge in [0.25, 0.3) is 5.91 Å². The second kappa shape index (κ2) is 6.43. The number of benzene rings is 1. The first-order valence-electron chi connectivity index (χ1n) is 7.03. The molecule has 6 nitrogen and oxygen atoms in total. The lowest BCUT2D eigenvalue weighted by Gasteiger charge is -2.08. The summed E-state index contributed by atoms with van der Waals surface area (Å²) >= 11 is 0. The molecular formula is C16H19N3O3. The first kappa shape index (κ1) is 15.8. The number of carbonyl (C=O) groups excluding carboxylic acids is 2. The van der Waals surface area contributed by atoms with Gasteiger partial charge in [-0.15, -0.1) is 0 Å². The molecule has 0 aliphatic carbocycles. The Balaban J connectivity index is 2.15. The van der Waals surface area contributed by atoms with Crippen molar-refractivity contribution in [2.45, 2.75) is 33.6 Å². The van der Waals surface area contributed by atoms with Gasteiger partial charge in [0.05, 0.1) is 5.69 Å². The van der Waals surface area contributed by atoms with Gasteiger partial charge in [-0.25, -0.2) is 0 Å². The van der Waals surface area contributed by atoms with Crippen molar-refractivity contribution < 1.29 is 14.1 Å². The maximum atomic E-state index is 12.4. The van der Waals surface area contributed by atoms with E-state index in [1.54, 1.807) is 31.2 Å². The predicted molar refractivity (Wildman–Crippen MR) is 84.0 cm³/mol. The predicted octanol–water partition coefficient (Wildman–Crippen LogP) is 3.32. The van der Waals surface area contributed by atoms with Crippen molar-refractivity contribution in [1.29, 1.82) is 0 Å². The fourth-order valence-corrected chi connectivity index (χ4v) is 2.09. The Labute approximate surface area is 128 Å². The molecule has 2 N–H and O–H groups in total. The first-order valence-corrected chi connectivity index (χ1v) is 7.03. The highest BCUT2D eigenvalue weighted by molar-refractivity contribution is 6.05. The summed E-state index contributed by atoms with van der Waals surface area (Å²) in [4.78, 5) is 23.4. The van der Waals surface area contributed by atoms with Gasteiger partial charge in [0.15, 0.2) is 5.76 Å². The van der Waals surface area contributed by atoms with Crippen LogP contribution < -0.4 is 10.6 Å². The SMILES string of the molecule is CC(=O)Nc1ccc(NC(=O)c2c(C)noc2C(C)C)cc1. The van der Waals surface area contributed by atoms with Gasteiger partial charge < -0.3 is 15.2 Å². The summed E-state index contributed by atoms with van der Waals surface area (Å²) in [5.41, 5.74) is 2.35. The number of amides is 2. The third-order valence-electron chi connectivity index (χ3n) is 3.10. The fourth-order valence-electron chi connectivity index (χ4n) is 2.09. The van der Waals surface area contributed by atoms with Crippen molar-refractivity contribution >= 4 is 23.2 Å². The molecule has 6 heteroatoms. The monoisotopic (exact) mass is 301 g/mol. The van der Waals surface area contributed by atoms with E-state index in [-0.39, 0.29) is 17.7 Å². The molecule has 2 rings (SSSR count). The van der Waals surface area contributed by atoms with Gasteiger partial charge in [-0.1, -0.05) is 19.0 Å². The Morgan fingerprint density at radius 1 is 1.09 bits per heavy atom. The van der Waals surface area contributed by atoms with Gasteiger partial charge >= 0.3 is 0 Å². The van der Waals surface area contributed by atoms with Gasteiger partial charge in [0.1, 0.15) is 5.56 Å². The fraction of sp³-hybridized carbons (Fsp3) is 0.312. The molecule has 0 aliphatic heterocycles. The molecule has 0 saturated heterocycles. The standard InChI is InChI=1S/C16H19N3O3/c1-9(2)15-14(10(3)19-22-15)16(21)18-13-7-5-12(6-8-13)17-11(4)20/h5-9H,1-4H3,(H,17,20)(H,18,21). The van der Waals surface area contributed by atoms with Crippen LogP contribution in [0.1, 0.15) is 48.5 Å². The number of rotatable bonds is 4. The number of aromatic nitrogens is 1. The Morgan fingerprint density at radius 3 is 2.14 bits per heavy atom. The summed E-state index contributed by atoms with van der Waals surface area (Å²) in [6, 6.07) is 6.89. The van der Waals surface area contributed by atoms with E-state index in [1.807, 2.05) is 13.8 Å². The van der Waals surface area contributed by atoms with Crippen LogP contribution in [0, 0.1) is 6.92 Å². The molecule has 0 unspecified atom stereocenters. The van der Waals surface area contributed by atoms with E-state index in [0.29, 0.717) is 28.4 Å². The number of hydrogen-bond donors (Lipinski definition) is 2. The largest absolute Gasteiger partial charge is 0.360 e. The van der Waals surface area contributed by atoms with Gasteiger partial charge in [0.2, 0.25) is 5.91 Å². The summed E-state index contributed by atoms with van der Waals surface area (Å²) in [5, 5.41) is 9.34. The van der Waals surface area contributed by atoms with Gasteiger partial charge in [0, 0.05) is 24.2 Å². The highest BCUT2D eigenvalue weighted by Gasteiger charge is 2.22. The van der Waals surface area contributed by atoms with Crippen molar-refractivity contribution in [2.24, 2.45) is 0 Å². The van der Waals surface area contributed by atoms with E-state index in [2.05, 4.69) is 15.8 Å². The molecule has 1 heterocycles. The normalized spacial score (nSPS) is 10.6. The number of nitrogens with zero attached hydrogens (tertiary/aromatic N) is 1. The molecule has 0 aliphatic rings. The van der Waals surface area contributed by atoms with Gasteiger partial charge in [-0.3, -0.25) is 9.59 Å². The molecule has 0 fully saturated rings. The molecule has 1 aromatic carbocycles. The third kappa shape index (κ3) is 3.52. The molecule has 0 bridgehead atoms. The number of aryl methyl sites for hydroxylation is 1. The Morgan fingerprint density at radius 2 is 1.64 bits per heavy atom. The van der Waals surface area contributed by atoms with Crippen LogP contribution in [0.2, 0.25) is 0 Å². The highest BCUT2D eigenvalue weighted by atomic mass is 16.5. The first-order chi connectivity index (χ1) is 10.4. The molecule has 22 heavy (non-hydrogen) atoms. The lowest BCUT2D eigenvalue weighted by molar-refractivity contribution is -0.114. The minimum absolute atomic E-state index is 0.0732. The molecule has 0 radical (unpaired) electrons. The molecular weight excluding hydrogens is 282 g/mol. The summed E-state index contributed by atoms with van der Waals surface area (Å²) in [5.74, 6) is 0.252. The van der Waals surface area contributed by atoms with Crippen molar-refractivity contribution in [1.82, 2.24) is 5.16 Å². The molecule has 2 amide bonds. The van der Waals surface area contributed by atoms with E-state index < -0.39 is 0 Å². The Kier molecular flexibility index (Phi) is 4.60. The van der Waals surface area contributed by atoms with Gasteiger partial charge in [-0.05, 0) is 31.2 Å². The number of carbonyl (C=O) groups is 2. The number of hydrogen-bond acceptors (Lipinski definition) is 4. The molecule has 2 aromatic rings. The smallest absolute Gasteiger partial charge is 0.261 e. The van der Waals surface area contributed by atoms with Crippen LogP contribution in [0.15, 0.2) is 28.8 Å². The second-order valence-corrected chi connectivity index (χ2v) is 5.37. The maximum absolute atomic E-state index is 12.4. The molecule has 0 saturated carbocycles. The van der Waals surface area contributed by atoms with E-state index in [4.69, 9.17) is 4.52 Å². The number of anilines is 2. The highest BCUT2D eigenvalue weighted by Crippen LogP contribution is 2.23. The second-order valence-electron chi connectivity index (χ2n) is 5.37. The van der Waals surface area contributed by atoms with Crippen molar-refractivity contribution in [2.75, 3.05) is 10.6 Å². The molecule has 0 atom stereocenters. The maximum Gasteiger partial charge on any atom is 0.261 e. The van der Waals surface area contributed by atoms with Crippen LogP contribution >= 0.6 is 0 Å². The zero-order chi connectivity index (χ0) is 16.3. The lowest BCUT2D eigenvalue weighted by atomic mass is 10.0. The van der Waals surface area contributed by atoms with Crippen molar-refractivity contribution in [3.05, 3.63) is 41.3 Å². The quantitative estimate of drug-likeness (QED) is 0.907. The van der Waals surface area contributed by atoms with E-state index >= 15 is 0 Å². The van der Waals surface area contributed by atoms with Crippen LogP contribution in [-0.2, 0) is 4.79 Å². The van der Waals surface area contributed by atoms with E-state index in [1.165, 1.54) is 6.92 Å². The molecule has 116 valence electrons. The Bertz CT molecular complexity index is 687. The summed E-state index contributed by atoms with van der Waals surface area (Å²) in [6.07, 6.45) is 0. The summed E-state index contributed by atoms with van der Waals surface area (Å²) in [6.45, 7) is 7.07. The number of nitrogens with one attached hydrogen (secondary N) is 2. The minimum atomic E-state index is -0.255. The average molecular weight is 301 g/mol. The van der Waals surface area contributed by atoms with E-state index in [0.717, 1.165) is 0 Å². The van der Waals surface area contributed by atoms with Crippen LogP contribution in [0.25, 0.3) is 0 Å². The topological polar surface area (TPSA) is 84.2 Å². The molecule has 1 aromatic heterocycles. The summed E-state index contributed by atoms with van der Waals surface area (Å²) < 4.78 is 5.22. The minimum Gasteiger partial charge on any atom is -0.360 e. The van der Waals surface area contributed by atoms with Gasteiger partial charge in [-0.2, -0.15) is 0 Å². The van der Waals surface area contributed by atoms with Crippen LogP contribution in [0.4, 0.5) is 11.4 Å². The average Bonchev–Trinajstić information content (AvgIpc) is 2.82. The zero-order valence-corrected chi connectivity index (χ0v) is 13.1. The zero-order valence-electron chi connectivity index (χ0n) is 13.1. The summed E-state index contributed by atoms with van der Waals surface area (Å²) in [7, 11) is 0. The Hall–Kier alpha value is -2.63. The lowest BCUT2D eigenvalue weighted by Crippen LogP contribution is -2.15. The van der Waals surface area contributed by atoms with Crippen molar-refractivity contribution in [3.63, 3.8) is 0 Å². The third-order valence-corrected chi connectivity index (χ3v) is 3.10.